The van der Waals surface area contributed by atoms with Crippen molar-refractivity contribution in [1.82, 2.24) is 9.97 Å². The van der Waals surface area contributed by atoms with Crippen molar-refractivity contribution in [2.45, 2.75) is 26.7 Å². The van der Waals surface area contributed by atoms with Crippen molar-refractivity contribution in [1.29, 1.82) is 0 Å². The Bertz CT molecular complexity index is 603. The first-order chi connectivity index (χ1) is 9.72. The minimum Gasteiger partial charge on any atom is -0.356 e. The Labute approximate surface area is 119 Å². The number of benzene rings is 1. The largest absolute Gasteiger partial charge is 0.356 e. The number of anilines is 3. The van der Waals surface area contributed by atoms with Crippen LogP contribution in [0.25, 0.3) is 0 Å². The molecule has 0 unspecified atom stereocenters. The summed E-state index contributed by atoms with van der Waals surface area (Å²) in [6.45, 7) is 6.37. The molecule has 1 N–H and O–H groups in total. The standard InChI is InChI=1S/C16H20N4/c1-12-5-6-13(2)14(11-12)18-16-17-8-7-15(19-16)20-9-3-4-10-20/h5-8,11H,3-4,9-10H2,1-2H3,(H,17,18,19). The summed E-state index contributed by atoms with van der Waals surface area (Å²) in [4.78, 5) is 11.3. The average molecular weight is 268 g/mol. The summed E-state index contributed by atoms with van der Waals surface area (Å²) in [7, 11) is 0. The van der Waals surface area contributed by atoms with E-state index in [0.717, 1.165) is 24.6 Å². The Morgan fingerprint density at radius 3 is 2.70 bits per heavy atom. The summed E-state index contributed by atoms with van der Waals surface area (Å²) in [5, 5.41) is 3.33. The molecule has 0 aliphatic carbocycles. The van der Waals surface area contributed by atoms with Gasteiger partial charge in [0.2, 0.25) is 5.95 Å². The maximum atomic E-state index is 4.62. The molecule has 0 bridgehead atoms. The second kappa shape index (κ2) is 5.49. The van der Waals surface area contributed by atoms with Gasteiger partial charge in [0.25, 0.3) is 0 Å². The molecular formula is C16H20N4. The van der Waals surface area contributed by atoms with E-state index in [2.05, 4.69) is 52.2 Å². The summed E-state index contributed by atoms with van der Waals surface area (Å²) >= 11 is 0. The van der Waals surface area contributed by atoms with Crippen molar-refractivity contribution in [2.24, 2.45) is 0 Å². The zero-order chi connectivity index (χ0) is 13.9. The lowest BCUT2D eigenvalue weighted by molar-refractivity contribution is 0.929. The molecule has 4 nitrogen and oxygen atoms in total. The molecule has 1 aliphatic heterocycles. The highest BCUT2D eigenvalue weighted by Gasteiger charge is 2.14. The Kier molecular flexibility index (Phi) is 3.54. The summed E-state index contributed by atoms with van der Waals surface area (Å²) in [5.41, 5.74) is 3.50. The van der Waals surface area contributed by atoms with E-state index in [-0.39, 0.29) is 0 Å². The zero-order valence-corrected chi connectivity index (χ0v) is 12.1. The third kappa shape index (κ3) is 2.74. The lowest BCUT2D eigenvalue weighted by atomic mass is 10.1. The van der Waals surface area contributed by atoms with Gasteiger partial charge in [-0.2, -0.15) is 4.98 Å². The predicted molar refractivity (Wildman–Crippen MR) is 82.7 cm³/mol. The molecule has 4 heteroatoms. The molecule has 0 atom stereocenters. The maximum Gasteiger partial charge on any atom is 0.229 e. The van der Waals surface area contributed by atoms with Crippen LogP contribution in [0.1, 0.15) is 24.0 Å². The smallest absolute Gasteiger partial charge is 0.229 e. The van der Waals surface area contributed by atoms with E-state index >= 15 is 0 Å². The molecule has 1 aromatic carbocycles. The van der Waals surface area contributed by atoms with Crippen LogP contribution in [0.2, 0.25) is 0 Å². The van der Waals surface area contributed by atoms with Crippen molar-refractivity contribution in [2.75, 3.05) is 23.3 Å². The van der Waals surface area contributed by atoms with Crippen LogP contribution in [0.15, 0.2) is 30.5 Å². The lowest BCUT2D eigenvalue weighted by Crippen LogP contribution is -2.19. The van der Waals surface area contributed by atoms with Gasteiger partial charge in [0.15, 0.2) is 0 Å². The van der Waals surface area contributed by atoms with Crippen LogP contribution in [-0.2, 0) is 0 Å². The molecule has 0 saturated carbocycles. The molecule has 1 aliphatic rings. The van der Waals surface area contributed by atoms with Crippen molar-refractivity contribution >= 4 is 17.5 Å². The lowest BCUT2D eigenvalue weighted by Gasteiger charge is -2.17. The third-order valence-corrected chi connectivity index (χ3v) is 3.71. The molecule has 1 fully saturated rings. The highest BCUT2D eigenvalue weighted by atomic mass is 15.2. The van der Waals surface area contributed by atoms with Gasteiger partial charge in [-0.3, -0.25) is 0 Å². The van der Waals surface area contributed by atoms with E-state index < -0.39 is 0 Å². The number of hydrogen-bond donors (Lipinski definition) is 1. The number of aryl methyl sites for hydroxylation is 2. The molecule has 2 heterocycles. The minimum absolute atomic E-state index is 0.670. The van der Waals surface area contributed by atoms with Gasteiger partial charge in [-0.15, -0.1) is 0 Å². The fourth-order valence-electron chi connectivity index (χ4n) is 2.52. The molecule has 0 radical (unpaired) electrons. The van der Waals surface area contributed by atoms with Crippen molar-refractivity contribution in [3.8, 4) is 0 Å². The number of nitrogens with one attached hydrogen (secondary N) is 1. The van der Waals surface area contributed by atoms with Gasteiger partial charge in [0.1, 0.15) is 5.82 Å². The fraction of sp³-hybridized carbons (Fsp3) is 0.375. The highest BCUT2D eigenvalue weighted by molar-refractivity contribution is 5.60. The first kappa shape index (κ1) is 12.9. The number of aromatic nitrogens is 2. The van der Waals surface area contributed by atoms with Gasteiger partial charge in [-0.05, 0) is 49.9 Å². The van der Waals surface area contributed by atoms with Gasteiger partial charge < -0.3 is 10.2 Å². The average Bonchev–Trinajstić information content (AvgIpc) is 2.97. The van der Waals surface area contributed by atoms with Crippen LogP contribution in [0.5, 0.6) is 0 Å². The third-order valence-electron chi connectivity index (χ3n) is 3.71. The topological polar surface area (TPSA) is 41.1 Å². The van der Waals surface area contributed by atoms with Gasteiger partial charge >= 0.3 is 0 Å². The molecule has 104 valence electrons. The fourth-order valence-corrected chi connectivity index (χ4v) is 2.52. The van der Waals surface area contributed by atoms with E-state index in [9.17, 15) is 0 Å². The Morgan fingerprint density at radius 2 is 1.90 bits per heavy atom. The molecule has 3 rings (SSSR count). The Hall–Kier alpha value is -2.10. The van der Waals surface area contributed by atoms with Gasteiger partial charge in [-0.1, -0.05) is 12.1 Å². The van der Waals surface area contributed by atoms with E-state index in [1.165, 1.54) is 24.0 Å². The first-order valence-corrected chi connectivity index (χ1v) is 7.15. The SMILES string of the molecule is Cc1ccc(C)c(Nc2nccc(N3CCCC3)n2)c1. The van der Waals surface area contributed by atoms with Crippen LogP contribution >= 0.6 is 0 Å². The summed E-state index contributed by atoms with van der Waals surface area (Å²) in [6, 6.07) is 8.34. The molecule has 2 aromatic rings. The van der Waals surface area contributed by atoms with Crippen LogP contribution in [0.4, 0.5) is 17.5 Å². The van der Waals surface area contributed by atoms with Crippen molar-refractivity contribution in [3.05, 3.63) is 41.6 Å². The van der Waals surface area contributed by atoms with Crippen LogP contribution in [0.3, 0.4) is 0 Å². The molecule has 0 spiro atoms. The molecule has 1 saturated heterocycles. The summed E-state index contributed by atoms with van der Waals surface area (Å²) in [6.07, 6.45) is 4.33. The quantitative estimate of drug-likeness (QED) is 0.926. The molecule has 1 aromatic heterocycles. The van der Waals surface area contributed by atoms with E-state index in [0.29, 0.717) is 5.95 Å². The van der Waals surface area contributed by atoms with Gasteiger partial charge in [0.05, 0.1) is 0 Å². The number of rotatable bonds is 3. The summed E-state index contributed by atoms with van der Waals surface area (Å²) in [5.74, 6) is 1.69. The zero-order valence-electron chi connectivity index (χ0n) is 12.1. The van der Waals surface area contributed by atoms with E-state index in [1.54, 1.807) is 0 Å². The predicted octanol–water partition coefficient (Wildman–Crippen LogP) is 3.44. The highest BCUT2D eigenvalue weighted by Crippen LogP contribution is 2.22. The Morgan fingerprint density at radius 1 is 1.10 bits per heavy atom. The number of hydrogen-bond acceptors (Lipinski definition) is 4. The molecule has 0 amide bonds. The molecular weight excluding hydrogens is 248 g/mol. The van der Waals surface area contributed by atoms with Crippen molar-refractivity contribution < 1.29 is 0 Å². The maximum absolute atomic E-state index is 4.62. The monoisotopic (exact) mass is 268 g/mol. The van der Waals surface area contributed by atoms with Crippen LogP contribution < -0.4 is 10.2 Å². The minimum atomic E-state index is 0.670. The van der Waals surface area contributed by atoms with Crippen LogP contribution in [0, 0.1) is 13.8 Å². The first-order valence-electron chi connectivity index (χ1n) is 7.15. The number of nitrogens with zero attached hydrogens (tertiary/aromatic N) is 3. The van der Waals surface area contributed by atoms with E-state index in [4.69, 9.17) is 0 Å². The van der Waals surface area contributed by atoms with Gasteiger partial charge in [-0.25, -0.2) is 4.98 Å². The van der Waals surface area contributed by atoms with E-state index in [1.807, 2.05) is 12.3 Å². The second-order valence-corrected chi connectivity index (χ2v) is 5.38. The normalized spacial score (nSPS) is 14.6. The summed E-state index contributed by atoms with van der Waals surface area (Å²) < 4.78 is 0. The Balaban J connectivity index is 1.83. The van der Waals surface area contributed by atoms with Crippen LogP contribution in [-0.4, -0.2) is 23.1 Å². The second-order valence-electron chi connectivity index (χ2n) is 5.38. The van der Waals surface area contributed by atoms with Crippen molar-refractivity contribution in [3.63, 3.8) is 0 Å². The van der Waals surface area contributed by atoms with Gasteiger partial charge in [0, 0.05) is 25.0 Å². The molecule has 20 heavy (non-hydrogen) atoms.